The predicted molar refractivity (Wildman–Crippen MR) is 115 cm³/mol. The van der Waals surface area contributed by atoms with E-state index in [4.69, 9.17) is 9.47 Å². The van der Waals surface area contributed by atoms with Crippen molar-refractivity contribution in [1.29, 1.82) is 0 Å². The van der Waals surface area contributed by atoms with Gasteiger partial charge in [0.05, 0.1) is 0 Å². The first-order valence-electron chi connectivity index (χ1n) is 9.30. The van der Waals surface area contributed by atoms with Gasteiger partial charge in [-0.25, -0.2) is 0 Å². The molecule has 4 aromatic carbocycles. The highest BCUT2D eigenvalue weighted by Gasteiger charge is 2.06. The number of ether oxygens (including phenoxy) is 2. The fourth-order valence-corrected chi connectivity index (χ4v) is 2.73. The van der Waals surface area contributed by atoms with Gasteiger partial charge in [0, 0.05) is 17.2 Å². The van der Waals surface area contributed by atoms with Gasteiger partial charge in [0.25, 0.3) is 0 Å². The maximum atomic E-state index is 9.46. The van der Waals surface area contributed by atoms with Gasteiger partial charge < -0.3 is 19.7 Å². The Morgan fingerprint density at radius 2 is 0.933 bits per heavy atom. The van der Waals surface area contributed by atoms with Gasteiger partial charge in [-0.2, -0.15) is 0 Å². The fourth-order valence-electron chi connectivity index (χ4n) is 2.73. The average molecular weight is 394 g/mol. The number of aromatic hydroxyl groups is 2. The predicted octanol–water partition coefficient (Wildman–Crippen LogP) is 6.08. The molecule has 0 saturated carbocycles. The third-order valence-corrected chi connectivity index (χ3v) is 4.15. The molecule has 0 aliphatic heterocycles. The van der Waals surface area contributed by atoms with Gasteiger partial charge in [-0.1, -0.05) is 30.0 Å². The topological polar surface area (TPSA) is 58.9 Å². The molecule has 0 radical (unpaired) electrons. The highest BCUT2D eigenvalue weighted by atomic mass is 16.5. The molecule has 0 unspecified atom stereocenters. The van der Waals surface area contributed by atoms with E-state index in [0.717, 1.165) is 11.1 Å². The number of phenols is 2. The molecule has 0 amide bonds. The van der Waals surface area contributed by atoms with Gasteiger partial charge in [0.15, 0.2) is 0 Å². The maximum Gasteiger partial charge on any atom is 0.132 e. The van der Waals surface area contributed by atoms with Crippen molar-refractivity contribution in [1.82, 2.24) is 0 Å². The van der Waals surface area contributed by atoms with Gasteiger partial charge in [0.2, 0.25) is 0 Å². The molecule has 0 atom stereocenters. The lowest BCUT2D eigenvalue weighted by Gasteiger charge is -2.11. The van der Waals surface area contributed by atoms with E-state index in [1.54, 1.807) is 54.6 Å². The van der Waals surface area contributed by atoms with E-state index < -0.39 is 0 Å². The zero-order valence-corrected chi connectivity index (χ0v) is 15.9. The second-order valence-electron chi connectivity index (χ2n) is 6.50. The number of phenolic OH excluding ortho intramolecular Hbond substituents is 2. The van der Waals surface area contributed by atoms with Crippen LogP contribution in [0.3, 0.4) is 0 Å². The Morgan fingerprint density at radius 3 is 1.43 bits per heavy atom. The standard InChI is InChI=1S/C26H18O4/c27-21-8-12-23(13-9-21)29-25-16-20(7-6-19-4-2-1-3-5-19)17-26(18-25)30-24-14-10-22(28)11-15-24/h1-5,8-18,27-28H. The van der Waals surface area contributed by atoms with Crippen LogP contribution in [-0.4, -0.2) is 10.2 Å². The van der Waals surface area contributed by atoms with E-state index in [0.29, 0.717) is 23.0 Å². The molecule has 4 rings (SSSR count). The van der Waals surface area contributed by atoms with Gasteiger partial charge >= 0.3 is 0 Å². The number of benzene rings is 4. The van der Waals surface area contributed by atoms with Crippen LogP contribution in [0, 0.1) is 11.8 Å². The lowest BCUT2D eigenvalue weighted by Crippen LogP contribution is -1.89. The van der Waals surface area contributed by atoms with Crippen LogP contribution in [0.25, 0.3) is 0 Å². The first-order chi connectivity index (χ1) is 14.6. The van der Waals surface area contributed by atoms with Crippen molar-refractivity contribution in [2.45, 2.75) is 0 Å². The minimum absolute atomic E-state index is 0.168. The molecule has 4 aromatic rings. The van der Waals surface area contributed by atoms with E-state index in [1.807, 2.05) is 42.5 Å². The molecule has 0 aromatic heterocycles. The van der Waals surface area contributed by atoms with E-state index in [2.05, 4.69) is 11.8 Å². The summed E-state index contributed by atoms with van der Waals surface area (Å²) in [6, 6.07) is 28.1. The highest BCUT2D eigenvalue weighted by Crippen LogP contribution is 2.31. The smallest absolute Gasteiger partial charge is 0.132 e. The fraction of sp³-hybridized carbons (Fsp3) is 0. The highest BCUT2D eigenvalue weighted by molar-refractivity contribution is 5.51. The zero-order valence-electron chi connectivity index (χ0n) is 15.9. The van der Waals surface area contributed by atoms with Gasteiger partial charge in [0.1, 0.15) is 34.5 Å². The van der Waals surface area contributed by atoms with Crippen molar-refractivity contribution in [3.05, 3.63) is 108 Å². The second-order valence-corrected chi connectivity index (χ2v) is 6.50. The Morgan fingerprint density at radius 1 is 0.467 bits per heavy atom. The summed E-state index contributed by atoms with van der Waals surface area (Å²) >= 11 is 0. The molecule has 4 nitrogen and oxygen atoms in total. The summed E-state index contributed by atoms with van der Waals surface area (Å²) < 4.78 is 11.8. The molecule has 0 aliphatic carbocycles. The van der Waals surface area contributed by atoms with E-state index in [9.17, 15) is 10.2 Å². The molecular formula is C26H18O4. The number of hydrogen-bond acceptors (Lipinski definition) is 4. The van der Waals surface area contributed by atoms with Crippen molar-refractivity contribution in [3.63, 3.8) is 0 Å². The van der Waals surface area contributed by atoms with Gasteiger partial charge in [-0.05, 0) is 72.8 Å². The summed E-state index contributed by atoms with van der Waals surface area (Å²) in [5.41, 5.74) is 1.63. The molecule has 30 heavy (non-hydrogen) atoms. The van der Waals surface area contributed by atoms with E-state index in [1.165, 1.54) is 0 Å². The zero-order chi connectivity index (χ0) is 20.8. The maximum absolute atomic E-state index is 9.46. The Kier molecular flexibility index (Phi) is 5.54. The first kappa shape index (κ1) is 19.0. The summed E-state index contributed by atoms with van der Waals surface area (Å²) in [5, 5.41) is 18.9. The first-order valence-corrected chi connectivity index (χ1v) is 9.30. The number of hydrogen-bond donors (Lipinski definition) is 2. The Bertz CT molecular complexity index is 1120. The lowest BCUT2D eigenvalue weighted by molar-refractivity contribution is 0.452. The summed E-state index contributed by atoms with van der Waals surface area (Å²) in [6.45, 7) is 0. The molecule has 0 heterocycles. The van der Waals surface area contributed by atoms with E-state index in [-0.39, 0.29) is 11.5 Å². The lowest BCUT2D eigenvalue weighted by atomic mass is 10.1. The van der Waals surface area contributed by atoms with Crippen LogP contribution in [0.1, 0.15) is 11.1 Å². The van der Waals surface area contributed by atoms with Crippen LogP contribution in [0.4, 0.5) is 0 Å². The van der Waals surface area contributed by atoms with Crippen molar-refractivity contribution in [2.75, 3.05) is 0 Å². The Hall–Kier alpha value is -4.36. The summed E-state index contributed by atoms with van der Waals surface area (Å²) in [7, 11) is 0. The van der Waals surface area contributed by atoms with Crippen molar-refractivity contribution in [2.24, 2.45) is 0 Å². The normalized spacial score (nSPS) is 10.0. The molecule has 146 valence electrons. The molecule has 0 aliphatic rings. The van der Waals surface area contributed by atoms with Crippen molar-refractivity contribution in [3.8, 4) is 46.3 Å². The molecule has 2 N–H and O–H groups in total. The summed E-state index contributed by atoms with van der Waals surface area (Å²) in [6.07, 6.45) is 0. The van der Waals surface area contributed by atoms with E-state index >= 15 is 0 Å². The third-order valence-electron chi connectivity index (χ3n) is 4.15. The van der Waals surface area contributed by atoms with Crippen LogP contribution in [-0.2, 0) is 0 Å². The SMILES string of the molecule is Oc1ccc(Oc2cc(C#Cc3ccccc3)cc(Oc3ccc(O)cc3)c2)cc1. The largest absolute Gasteiger partial charge is 0.508 e. The van der Waals surface area contributed by atoms with Crippen molar-refractivity contribution < 1.29 is 19.7 Å². The van der Waals surface area contributed by atoms with Crippen LogP contribution < -0.4 is 9.47 Å². The van der Waals surface area contributed by atoms with Crippen LogP contribution >= 0.6 is 0 Å². The van der Waals surface area contributed by atoms with Gasteiger partial charge in [-0.15, -0.1) is 0 Å². The minimum Gasteiger partial charge on any atom is -0.508 e. The van der Waals surface area contributed by atoms with Gasteiger partial charge in [-0.3, -0.25) is 0 Å². The molecule has 0 bridgehead atoms. The van der Waals surface area contributed by atoms with Crippen molar-refractivity contribution >= 4 is 0 Å². The third kappa shape index (κ3) is 5.12. The minimum atomic E-state index is 0.168. The summed E-state index contributed by atoms with van der Waals surface area (Å²) in [5.74, 6) is 8.87. The molecule has 0 fully saturated rings. The van der Waals surface area contributed by atoms with Crippen LogP contribution in [0.15, 0.2) is 97.1 Å². The Balaban J connectivity index is 1.66. The molecular weight excluding hydrogens is 376 g/mol. The van der Waals surface area contributed by atoms with Crippen LogP contribution in [0.5, 0.6) is 34.5 Å². The second kappa shape index (κ2) is 8.76. The van der Waals surface area contributed by atoms with Crippen LogP contribution in [0.2, 0.25) is 0 Å². The molecule has 0 saturated heterocycles. The quantitative estimate of drug-likeness (QED) is 0.412. The monoisotopic (exact) mass is 394 g/mol. The molecule has 4 heteroatoms. The average Bonchev–Trinajstić information content (AvgIpc) is 2.76. The molecule has 0 spiro atoms. The summed E-state index contributed by atoms with van der Waals surface area (Å²) in [4.78, 5) is 0. The number of rotatable bonds is 4. The Labute approximate surface area is 174 Å².